The minimum absolute atomic E-state index is 0.192. The lowest BCUT2D eigenvalue weighted by Gasteiger charge is -2.25. The molecule has 6 heteroatoms. The highest BCUT2D eigenvalue weighted by Crippen LogP contribution is 2.24. The van der Waals surface area contributed by atoms with Crippen molar-refractivity contribution in [2.45, 2.75) is 37.8 Å². The van der Waals surface area contributed by atoms with Crippen LogP contribution in [0.1, 0.15) is 30.9 Å². The topological polar surface area (TPSA) is 102 Å². The molecule has 144 valence electrons. The largest absolute Gasteiger partial charge is 0.480 e. The molecule has 1 aliphatic rings. The van der Waals surface area contributed by atoms with Crippen molar-refractivity contribution in [2.75, 3.05) is 6.54 Å². The van der Waals surface area contributed by atoms with Gasteiger partial charge in [0.25, 0.3) is 0 Å². The third-order valence-corrected chi connectivity index (χ3v) is 5.23. The second kappa shape index (κ2) is 8.24. The predicted octanol–water partition coefficient (Wildman–Crippen LogP) is 2.48. The molecule has 0 saturated carbocycles. The number of hydrogen-bond acceptors (Lipinski definition) is 4. The lowest BCUT2D eigenvalue weighted by atomic mass is 9.96. The van der Waals surface area contributed by atoms with Gasteiger partial charge in [-0.05, 0) is 49.1 Å². The lowest BCUT2D eigenvalue weighted by molar-refractivity contribution is -0.142. The molecule has 1 amide bonds. The molecule has 0 aromatic heterocycles. The minimum atomic E-state index is -1.06. The van der Waals surface area contributed by atoms with Gasteiger partial charge in [0.1, 0.15) is 6.04 Å². The quantitative estimate of drug-likeness (QED) is 0.718. The van der Waals surface area contributed by atoms with Crippen molar-refractivity contribution in [3.05, 3.63) is 59.7 Å². The summed E-state index contributed by atoms with van der Waals surface area (Å²) in [6.07, 6.45) is 1.78. The Balaban J connectivity index is 1.73. The van der Waals surface area contributed by atoms with Crippen LogP contribution in [-0.4, -0.2) is 35.1 Å². The molecule has 6 nitrogen and oxygen atoms in total. The minimum Gasteiger partial charge on any atom is -0.480 e. The summed E-state index contributed by atoms with van der Waals surface area (Å²) in [6.45, 7) is 2.56. The normalized spacial score (nSPS) is 19.6. The second-order valence-electron chi connectivity index (χ2n) is 7.29. The smallest absolute Gasteiger partial charge is 0.326 e. The van der Waals surface area contributed by atoms with E-state index in [9.17, 15) is 20.0 Å². The van der Waals surface area contributed by atoms with Crippen LogP contribution in [0.3, 0.4) is 0 Å². The Kier molecular flexibility index (Phi) is 5.76. The van der Waals surface area contributed by atoms with Gasteiger partial charge >= 0.3 is 5.97 Å². The molecule has 1 fully saturated rings. The monoisotopic (exact) mass is 377 g/mol. The number of carboxylic acid groups (broad SMARTS) is 1. The Labute approximate surface area is 164 Å². The SMILES string of the molecule is C[C@@]1(C(=O)NC(Cc2ccc(-c3ccccc3C#N)cc2)C(=O)O)CCCN1. The molecular formula is C22H23N3O3. The van der Waals surface area contributed by atoms with Crippen LogP contribution < -0.4 is 10.6 Å². The molecule has 2 atom stereocenters. The van der Waals surface area contributed by atoms with Gasteiger partial charge in [0.2, 0.25) is 5.91 Å². The molecule has 1 unspecified atom stereocenters. The van der Waals surface area contributed by atoms with E-state index in [-0.39, 0.29) is 12.3 Å². The number of carbonyl (C=O) groups is 2. The van der Waals surface area contributed by atoms with Crippen molar-refractivity contribution in [1.82, 2.24) is 10.6 Å². The molecule has 0 bridgehead atoms. The highest BCUT2D eigenvalue weighted by atomic mass is 16.4. The average Bonchev–Trinajstić information content (AvgIpc) is 3.16. The van der Waals surface area contributed by atoms with Crippen LogP contribution in [0, 0.1) is 11.3 Å². The predicted molar refractivity (Wildman–Crippen MR) is 106 cm³/mol. The fraction of sp³-hybridized carbons (Fsp3) is 0.318. The van der Waals surface area contributed by atoms with E-state index in [1.54, 1.807) is 13.0 Å². The van der Waals surface area contributed by atoms with Crippen molar-refractivity contribution in [1.29, 1.82) is 5.26 Å². The van der Waals surface area contributed by atoms with Crippen molar-refractivity contribution >= 4 is 11.9 Å². The Morgan fingerprint density at radius 2 is 1.96 bits per heavy atom. The Bertz CT molecular complexity index is 909. The number of aliphatic carboxylic acids is 1. The summed E-state index contributed by atoms with van der Waals surface area (Å²) < 4.78 is 0. The summed E-state index contributed by atoms with van der Waals surface area (Å²) in [5.41, 5.74) is 2.40. The molecule has 1 heterocycles. The summed E-state index contributed by atoms with van der Waals surface area (Å²) >= 11 is 0. The standard InChI is InChI=1S/C22H23N3O3/c1-22(11-4-12-24-22)21(28)25-19(20(26)27)13-15-7-9-16(10-8-15)18-6-3-2-5-17(18)14-23/h2-3,5-10,19,24H,4,11-13H2,1H3,(H,25,28)(H,26,27)/t19?,22-/m0/s1. The zero-order chi connectivity index (χ0) is 20.1. The van der Waals surface area contributed by atoms with Crippen molar-refractivity contribution in [3.63, 3.8) is 0 Å². The number of carbonyl (C=O) groups excluding carboxylic acids is 1. The molecule has 0 spiro atoms. The van der Waals surface area contributed by atoms with E-state index >= 15 is 0 Å². The van der Waals surface area contributed by atoms with E-state index in [0.29, 0.717) is 12.0 Å². The van der Waals surface area contributed by atoms with Gasteiger partial charge in [-0.3, -0.25) is 4.79 Å². The van der Waals surface area contributed by atoms with Crippen LogP contribution in [0.2, 0.25) is 0 Å². The van der Waals surface area contributed by atoms with Gasteiger partial charge in [-0.2, -0.15) is 5.26 Å². The number of rotatable bonds is 6. The molecule has 28 heavy (non-hydrogen) atoms. The second-order valence-corrected chi connectivity index (χ2v) is 7.29. The first-order valence-corrected chi connectivity index (χ1v) is 9.30. The molecule has 3 rings (SSSR count). The number of benzene rings is 2. The number of hydrogen-bond donors (Lipinski definition) is 3. The summed E-state index contributed by atoms with van der Waals surface area (Å²) in [4.78, 5) is 24.2. The van der Waals surface area contributed by atoms with E-state index in [2.05, 4.69) is 16.7 Å². The maximum Gasteiger partial charge on any atom is 0.326 e. The van der Waals surface area contributed by atoms with E-state index in [0.717, 1.165) is 29.7 Å². The molecular weight excluding hydrogens is 354 g/mol. The number of nitrogens with zero attached hydrogens (tertiary/aromatic N) is 1. The maximum absolute atomic E-state index is 12.5. The molecule has 2 aromatic carbocycles. The summed E-state index contributed by atoms with van der Waals surface area (Å²) in [6, 6.07) is 15.9. The first kappa shape index (κ1) is 19.6. The molecule has 1 saturated heterocycles. The molecule has 0 aliphatic carbocycles. The molecule has 3 N–H and O–H groups in total. The van der Waals surface area contributed by atoms with Crippen molar-refractivity contribution in [2.24, 2.45) is 0 Å². The highest BCUT2D eigenvalue weighted by Gasteiger charge is 2.37. The van der Waals surface area contributed by atoms with Gasteiger partial charge in [0.15, 0.2) is 0 Å². The van der Waals surface area contributed by atoms with Crippen LogP contribution in [0.4, 0.5) is 0 Å². The van der Waals surface area contributed by atoms with Gasteiger partial charge in [0, 0.05) is 6.42 Å². The van der Waals surface area contributed by atoms with Crippen LogP contribution >= 0.6 is 0 Å². The first-order valence-electron chi connectivity index (χ1n) is 9.30. The summed E-state index contributed by atoms with van der Waals surface area (Å²) in [5, 5.41) is 24.6. The van der Waals surface area contributed by atoms with Crippen LogP contribution in [0.5, 0.6) is 0 Å². The van der Waals surface area contributed by atoms with Gasteiger partial charge in [-0.1, -0.05) is 42.5 Å². The summed E-state index contributed by atoms with van der Waals surface area (Å²) in [7, 11) is 0. The molecule has 2 aromatic rings. The Hall–Kier alpha value is -3.17. The number of amides is 1. The van der Waals surface area contributed by atoms with Crippen LogP contribution in [-0.2, 0) is 16.0 Å². The van der Waals surface area contributed by atoms with Gasteiger partial charge in [0.05, 0.1) is 17.2 Å². The lowest BCUT2D eigenvalue weighted by Crippen LogP contribution is -2.55. The average molecular weight is 377 g/mol. The third kappa shape index (κ3) is 4.21. The van der Waals surface area contributed by atoms with Crippen LogP contribution in [0.15, 0.2) is 48.5 Å². The van der Waals surface area contributed by atoms with Crippen molar-refractivity contribution in [3.8, 4) is 17.2 Å². The van der Waals surface area contributed by atoms with Crippen molar-refractivity contribution < 1.29 is 14.7 Å². The Morgan fingerprint density at radius 3 is 2.57 bits per heavy atom. The van der Waals surface area contributed by atoms with E-state index in [1.165, 1.54) is 0 Å². The number of carboxylic acids is 1. The third-order valence-electron chi connectivity index (χ3n) is 5.23. The van der Waals surface area contributed by atoms with Gasteiger partial charge in [-0.15, -0.1) is 0 Å². The summed E-state index contributed by atoms with van der Waals surface area (Å²) in [5.74, 6) is -1.34. The first-order chi connectivity index (χ1) is 13.4. The number of nitrogens with one attached hydrogen (secondary N) is 2. The highest BCUT2D eigenvalue weighted by molar-refractivity contribution is 5.90. The zero-order valence-electron chi connectivity index (χ0n) is 15.7. The van der Waals surface area contributed by atoms with E-state index in [4.69, 9.17) is 0 Å². The molecule has 0 radical (unpaired) electrons. The maximum atomic E-state index is 12.5. The zero-order valence-corrected chi connectivity index (χ0v) is 15.7. The van der Waals surface area contributed by atoms with E-state index < -0.39 is 17.6 Å². The molecule has 1 aliphatic heterocycles. The van der Waals surface area contributed by atoms with E-state index in [1.807, 2.05) is 42.5 Å². The van der Waals surface area contributed by atoms with Gasteiger partial charge < -0.3 is 15.7 Å². The Morgan fingerprint density at radius 1 is 1.25 bits per heavy atom. The fourth-order valence-corrected chi connectivity index (χ4v) is 3.49. The fourth-order valence-electron chi connectivity index (χ4n) is 3.49. The van der Waals surface area contributed by atoms with Gasteiger partial charge in [-0.25, -0.2) is 4.79 Å². The van der Waals surface area contributed by atoms with Crippen LogP contribution in [0.25, 0.3) is 11.1 Å². The number of nitriles is 1.